The van der Waals surface area contributed by atoms with Gasteiger partial charge in [-0.05, 0) is 54.7 Å². The van der Waals surface area contributed by atoms with Crippen LogP contribution >= 0.6 is 12.2 Å². The zero-order chi connectivity index (χ0) is 25.2. The number of ether oxygens (including phenoxy) is 2. The van der Waals surface area contributed by atoms with Gasteiger partial charge in [-0.2, -0.15) is 0 Å². The molecule has 0 saturated carbocycles. The normalized spacial score (nSPS) is 17.1. The van der Waals surface area contributed by atoms with Crippen molar-refractivity contribution in [3.63, 3.8) is 0 Å². The summed E-state index contributed by atoms with van der Waals surface area (Å²) in [7, 11) is 3.08. The van der Waals surface area contributed by atoms with E-state index in [0.29, 0.717) is 33.7 Å². The molecule has 0 bridgehead atoms. The van der Waals surface area contributed by atoms with Crippen molar-refractivity contribution in [3.05, 3.63) is 101 Å². The Morgan fingerprint density at radius 1 is 1.06 bits per heavy atom. The van der Waals surface area contributed by atoms with E-state index < -0.39 is 4.92 Å². The molecule has 0 aliphatic carbocycles. The molecular weight excluding hydrogens is 480 g/mol. The third-order valence-electron chi connectivity index (χ3n) is 6.01. The predicted molar refractivity (Wildman–Crippen MR) is 138 cm³/mol. The highest BCUT2D eigenvalue weighted by molar-refractivity contribution is 7.80. The topological polar surface area (TPSA) is 103 Å². The van der Waals surface area contributed by atoms with Crippen LogP contribution in [-0.2, 0) is 0 Å². The van der Waals surface area contributed by atoms with E-state index in [0.717, 1.165) is 11.4 Å². The average molecular weight is 503 g/mol. The van der Waals surface area contributed by atoms with Crippen LogP contribution in [0.1, 0.15) is 23.5 Å². The molecule has 2 aromatic carbocycles. The summed E-state index contributed by atoms with van der Waals surface area (Å²) >= 11 is 5.76. The maximum absolute atomic E-state index is 11.2. The largest absolute Gasteiger partial charge is 0.497 e. The van der Waals surface area contributed by atoms with Crippen molar-refractivity contribution in [2.24, 2.45) is 0 Å². The third-order valence-corrected chi connectivity index (χ3v) is 6.32. The van der Waals surface area contributed by atoms with Gasteiger partial charge in [0.2, 0.25) is 0 Å². The molecule has 182 valence electrons. The number of methoxy groups -OCH3 is 2. The molecule has 1 aliphatic heterocycles. The Kier molecular flexibility index (Phi) is 6.26. The number of nitro benzene ring substituents is 1. The summed E-state index contributed by atoms with van der Waals surface area (Å²) in [6.45, 7) is 0. The fourth-order valence-corrected chi connectivity index (χ4v) is 4.68. The highest BCUT2D eigenvalue weighted by Crippen LogP contribution is 2.44. The minimum Gasteiger partial charge on any atom is -0.497 e. The summed E-state index contributed by atoms with van der Waals surface area (Å²) in [4.78, 5) is 17.3. The molecule has 1 fully saturated rings. The van der Waals surface area contributed by atoms with Gasteiger partial charge >= 0.3 is 0 Å². The molecule has 1 N–H and O–H groups in total. The van der Waals surface area contributed by atoms with E-state index in [-0.39, 0.29) is 17.8 Å². The fraction of sp³-hybridized carbons (Fsp3) is 0.154. The number of non-ortho nitro benzene ring substituents is 1. The molecule has 0 spiro atoms. The van der Waals surface area contributed by atoms with Crippen LogP contribution in [0.5, 0.6) is 11.5 Å². The first-order valence-corrected chi connectivity index (χ1v) is 11.5. The quantitative estimate of drug-likeness (QED) is 0.201. The van der Waals surface area contributed by atoms with E-state index in [2.05, 4.69) is 10.3 Å². The molecule has 2 atom stereocenters. The summed E-state index contributed by atoms with van der Waals surface area (Å²) < 4.78 is 17.2. The molecular formula is C26H22N4O5S. The van der Waals surface area contributed by atoms with Crippen molar-refractivity contribution in [1.29, 1.82) is 0 Å². The average Bonchev–Trinajstić information content (AvgIpc) is 3.53. The minimum absolute atomic E-state index is 0.0628. The number of benzene rings is 2. The van der Waals surface area contributed by atoms with E-state index in [4.69, 9.17) is 26.1 Å². The van der Waals surface area contributed by atoms with Gasteiger partial charge in [0.05, 0.1) is 42.5 Å². The molecule has 3 heterocycles. The zero-order valence-corrected chi connectivity index (χ0v) is 20.3. The van der Waals surface area contributed by atoms with Gasteiger partial charge in [-0.25, -0.2) is 0 Å². The fourth-order valence-electron chi connectivity index (χ4n) is 4.34. The molecule has 2 unspecified atom stereocenters. The highest BCUT2D eigenvalue weighted by atomic mass is 32.1. The van der Waals surface area contributed by atoms with Crippen molar-refractivity contribution in [2.75, 3.05) is 19.1 Å². The molecule has 4 aromatic rings. The number of furan rings is 1. The van der Waals surface area contributed by atoms with Crippen molar-refractivity contribution in [2.45, 2.75) is 12.1 Å². The molecule has 5 rings (SSSR count). The second kappa shape index (κ2) is 9.67. The number of nitrogens with zero attached hydrogens (tertiary/aromatic N) is 3. The van der Waals surface area contributed by atoms with E-state index in [1.54, 1.807) is 19.4 Å². The second-order valence-electron chi connectivity index (χ2n) is 8.04. The van der Waals surface area contributed by atoms with Crippen LogP contribution in [0.25, 0.3) is 11.3 Å². The van der Waals surface area contributed by atoms with Gasteiger partial charge in [-0.1, -0.05) is 12.1 Å². The molecule has 2 aromatic heterocycles. The van der Waals surface area contributed by atoms with Gasteiger partial charge in [0, 0.05) is 24.0 Å². The monoisotopic (exact) mass is 502 g/mol. The van der Waals surface area contributed by atoms with E-state index in [9.17, 15) is 10.1 Å². The lowest BCUT2D eigenvalue weighted by Crippen LogP contribution is -2.29. The molecule has 1 aliphatic rings. The first kappa shape index (κ1) is 23.3. The Bertz CT molecular complexity index is 1420. The van der Waals surface area contributed by atoms with Gasteiger partial charge in [-0.15, -0.1) is 0 Å². The number of hydrogen-bond donors (Lipinski definition) is 1. The molecule has 1 saturated heterocycles. The molecule has 0 amide bonds. The summed E-state index contributed by atoms with van der Waals surface area (Å²) in [6.07, 6.45) is 1.74. The lowest BCUT2D eigenvalue weighted by molar-refractivity contribution is -0.384. The number of pyridine rings is 1. The number of rotatable bonds is 7. The smallest absolute Gasteiger partial charge is 0.273 e. The van der Waals surface area contributed by atoms with Crippen molar-refractivity contribution in [1.82, 2.24) is 10.3 Å². The van der Waals surface area contributed by atoms with E-state index >= 15 is 0 Å². The Hall–Kier alpha value is -4.44. The number of nitrogens with one attached hydrogen (secondary N) is 1. The number of nitro groups is 1. The van der Waals surface area contributed by atoms with Gasteiger partial charge in [-0.3, -0.25) is 15.1 Å². The number of anilines is 1. The van der Waals surface area contributed by atoms with Crippen LogP contribution in [0.4, 0.5) is 11.4 Å². The first-order valence-electron chi connectivity index (χ1n) is 11.1. The Morgan fingerprint density at radius 3 is 2.64 bits per heavy atom. The van der Waals surface area contributed by atoms with Crippen molar-refractivity contribution in [3.8, 4) is 22.8 Å². The lowest BCUT2D eigenvalue weighted by Gasteiger charge is -2.26. The van der Waals surface area contributed by atoms with Gasteiger partial charge in [0.15, 0.2) is 5.11 Å². The maximum Gasteiger partial charge on any atom is 0.273 e. The molecule has 0 radical (unpaired) electrons. The Balaban J connectivity index is 1.60. The highest BCUT2D eigenvalue weighted by Gasteiger charge is 2.42. The van der Waals surface area contributed by atoms with Crippen LogP contribution in [0, 0.1) is 10.1 Å². The van der Waals surface area contributed by atoms with Crippen LogP contribution in [-0.4, -0.2) is 29.2 Å². The standard InChI is InChI=1S/C26H22N4O5S/c1-33-18-7-5-6-16(14-18)29-25(24(28-26(29)36)20-8-3-4-13-27-20)22-12-11-21(35-22)19-10-9-17(30(31)32)15-23(19)34-2/h3-15,24-25H,1-2H3,(H,28,36). The van der Waals surface area contributed by atoms with Crippen LogP contribution < -0.4 is 19.7 Å². The van der Waals surface area contributed by atoms with Crippen LogP contribution in [0.3, 0.4) is 0 Å². The number of hydrogen-bond acceptors (Lipinski definition) is 7. The number of thiocarbonyl (C=S) groups is 1. The summed E-state index contributed by atoms with van der Waals surface area (Å²) in [6, 6.07) is 20.8. The SMILES string of the molecule is COc1cccc(N2C(=S)NC(c3ccccn3)C2c2ccc(-c3ccc([N+](=O)[O-])cc3OC)o2)c1. The van der Waals surface area contributed by atoms with Crippen molar-refractivity contribution >= 4 is 28.7 Å². The van der Waals surface area contributed by atoms with Crippen molar-refractivity contribution < 1.29 is 18.8 Å². The Labute approximate surface area is 212 Å². The third kappa shape index (κ3) is 4.22. The van der Waals surface area contributed by atoms with Gasteiger partial charge in [0.1, 0.15) is 29.1 Å². The Morgan fingerprint density at radius 2 is 1.92 bits per heavy atom. The van der Waals surface area contributed by atoms with E-state index in [1.165, 1.54) is 19.2 Å². The maximum atomic E-state index is 11.2. The molecule has 36 heavy (non-hydrogen) atoms. The van der Waals surface area contributed by atoms with Gasteiger partial charge in [0.25, 0.3) is 5.69 Å². The predicted octanol–water partition coefficient (Wildman–Crippen LogP) is 5.44. The number of aromatic nitrogens is 1. The summed E-state index contributed by atoms with van der Waals surface area (Å²) in [5.74, 6) is 2.19. The van der Waals surface area contributed by atoms with Crippen LogP contribution in [0.15, 0.2) is 83.4 Å². The second-order valence-corrected chi connectivity index (χ2v) is 8.43. The van der Waals surface area contributed by atoms with Gasteiger partial charge < -0.3 is 24.1 Å². The lowest BCUT2D eigenvalue weighted by atomic mass is 10.0. The van der Waals surface area contributed by atoms with Crippen LogP contribution in [0.2, 0.25) is 0 Å². The first-order chi connectivity index (χ1) is 17.5. The summed E-state index contributed by atoms with van der Waals surface area (Å²) in [5, 5.41) is 15.1. The molecule has 9 nitrogen and oxygen atoms in total. The summed E-state index contributed by atoms with van der Waals surface area (Å²) in [5.41, 5.74) is 2.18. The minimum atomic E-state index is -0.464. The zero-order valence-electron chi connectivity index (χ0n) is 19.5. The van der Waals surface area contributed by atoms with E-state index in [1.807, 2.05) is 59.5 Å². The molecule has 10 heteroatoms.